The molecule has 25 heavy (non-hydrogen) atoms. The number of hydrogen-bond donors (Lipinski definition) is 1. The molecule has 4 aliphatic rings. The standard InChI is InChI=1S/C18H23NO6/c1-10-11(2)18(9-24-18)17(3,22)16(21)23-8-12-4-6-19-7-5-13(14(12)19)25-15(10)20/h4,11,13-14,22H,1,5-9H2,2-3H3/t11-,13+,14-,17-,18-/m1/s1. The molecule has 0 saturated carbocycles. The van der Waals surface area contributed by atoms with Crippen molar-refractivity contribution in [2.75, 3.05) is 26.3 Å². The third kappa shape index (κ3) is 2.29. The minimum atomic E-state index is -1.87. The predicted octanol–water partition coefficient (Wildman–Crippen LogP) is 0.182. The second kappa shape index (κ2) is 5.40. The number of aliphatic hydroxyl groups is 1. The molecule has 0 radical (unpaired) electrons. The fraction of sp³-hybridized carbons (Fsp3) is 0.667. The molecule has 0 amide bonds. The van der Waals surface area contributed by atoms with Crippen molar-refractivity contribution < 1.29 is 28.9 Å². The van der Waals surface area contributed by atoms with Gasteiger partial charge in [-0.15, -0.1) is 0 Å². The van der Waals surface area contributed by atoms with Crippen molar-refractivity contribution in [3.8, 4) is 0 Å². The number of hydrogen-bond acceptors (Lipinski definition) is 7. The Morgan fingerprint density at radius 1 is 1.40 bits per heavy atom. The smallest absolute Gasteiger partial charge is 0.341 e. The Morgan fingerprint density at radius 3 is 2.80 bits per heavy atom. The zero-order valence-electron chi connectivity index (χ0n) is 14.5. The van der Waals surface area contributed by atoms with Gasteiger partial charge in [-0.2, -0.15) is 0 Å². The quantitative estimate of drug-likeness (QED) is 0.289. The highest BCUT2D eigenvalue weighted by Gasteiger charge is 2.67. The number of esters is 2. The molecule has 4 rings (SSSR count). The zero-order chi connectivity index (χ0) is 18.0. The first kappa shape index (κ1) is 16.8. The van der Waals surface area contributed by atoms with E-state index in [-0.39, 0.29) is 30.9 Å². The van der Waals surface area contributed by atoms with Crippen molar-refractivity contribution in [1.82, 2.24) is 4.90 Å². The largest absolute Gasteiger partial charge is 0.459 e. The summed E-state index contributed by atoms with van der Waals surface area (Å²) in [5, 5.41) is 10.8. The van der Waals surface area contributed by atoms with E-state index in [1.807, 2.05) is 6.08 Å². The summed E-state index contributed by atoms with van der Waals surface area (Å²) in [5.41, 5.74) is -1.97. The van der Waals surface area contributed by atoms with Gasteiger partial charge in [0.15, 0.2) is 5.60 Å². The third-order valence-electron chi connectivity index (χ3n) is 6.20. The van der Waals surface area contributed by atoms with E-state index in [0.29, 0.717) is 0 Å². The normalized spacial score (nSPS) is 44.5. The van der Waals surface area contributed by atoms with Crippen LogP contribution in [-0.4, -0.2) is 71.6 Å². The van der Waals surface area contributed by atoms with E-state index >= 15 is 0 Å². The van der Waals surface area contributed by atoms with E-state index in [4.69, 9.17) is 14.2 Å². The maximum atomic E-state index is 12.6. The summed E-state index contributed by atoms with van der Waals surface area (Å²) < 4.78 is 16.6. The number of nitrogens with zero attached hydrogens (tertiary/aromatic N) is 1. The Hall–Kier alpha value is -1.70. The fourth-order valence-corrected chi connectivity index (χ4v) is 4.29. The van der Waals surface area contributed by atoms with Crippen LogP contribution in [0.15, 0.2) is 23.8 Å². The Labute approximate surface area is 146 Å². The highest BCUT2D eigenvalue weighted by Crippen LogP contribution is 2.48. The summed E-state index contributed by atoms with van der Waals surface area (Å²) in [6, 6.07) is -0.0737. The first-order valence-corrected chi connectivity index (χ1v) is 8.64. The van der Waals surface area contributed by atoms with Gasteiger partial charge in [0.2, 0.25) is 0 Å². The van der Waals surface area contributed by atoms with E-state index in [1.54, 1.807) is 6.92 Å². The third-order valence-corrected chi connectivity index (χ3v) is 6.20. The molecule has 0 bridgehead atoms. The van der Waals surface area contributed by atoms with Gasteiger partial charge in [-0.05, 0) is 18.9 Å². The second-order valence-electron chi connectivity index (χ2n) is 7.52. The first-order valence-electron chi connectivity index (χ1n) is 8.64. The first-order chi connectivity index (χ1) is 11.8. The van der Waals surface area contributed by atoms with Crippen LogP contribution in [0, 0.1) is 5.92 Å². The molecule has 7 heteroatoms. The van der Waals surface area contributed by atoms with Crippen LogP contribution in [0.1, 0.15) is 20.3 Å². The Bertz CT molecular complexity index is 677. The van der Waals surface area contributed by atoms with Gasteiger partial charge in [0.05, 0.1) is 12.6 Å². The average molecular weight is 349 g/mol. The van der Waals surface area contributed by atoms with Crippen molar-refractivity contribution in [3.63, 3.8) is 0 Å². The highest BCUT2D eigenvalue weighted by atomic mass is 16.6. The van der Waals surface area contributed by atoms with Crippen LogP contribution >= 0.6 is 0 Å². The number of carbonyl (C=O) groups excluding carboxylic acids is 2. The fourth-order valence-electron chi connectivity index (χ4n) is 4.29. The lowest BCUT2D eigenvalue weighted by molar-refractivity contribution is -0.173. The average Bonchev–Trinajstić information content (AvgIpc) is 3.17. The molecule has 1 spiro atoms. The van der Waals surface area contributed by atoms with Gasteiger partial charge in [-0.25, -0.2) is 9.59 Å². The van der Waals surface area contributed by atoms with Crippen LogP contribution in [0.4, 0.5) is 0 Å². The van der Waals surface area contributed by atoms with Gasteiger partial charge in [0.1, 0.15) is 18.3 Å². The SMILES string of the molecule is C=C1C(=O)O[C@H]2CCN3CC=C(COC(=O)[C@@](C)(O)[C@@]4(CO4)[C@@H]1C)[C@H]23. The number of cyclic esters (lactones) is 1. The number of ether oxygens (including phenoxy) is 3. The van der Waals surface area contributed by atoms with Crippen LogP contribution < -0.4 is 0 Å². The molecule has 0 aliphatic carbocycles. The van der Waals surface area contributed by atoms with Crippen LogP contribution in [0.25, 0.3) is 0 Å². The summed E-state index contributed by atoms with van der Waals surface area (Å²) in [7, 11) is 0. The van der Waals surface area contributed by atoms with Crippen LogP contribution in [0.3, 0.4) is 0 Å². The monoisotopic (exact) mass is 349 g/mol. The molecule has 0 aromatic heterocycles. The molecule has 136 valence electrons. The van der Waals surface area contributed by atoms with Gasteiger partial charge in [-0.3, -0.25) is 4.90 Å². The van der Waals surface area contributed by atoms with Crippen molar-refractivity contribution in [2.24, 2.45) is 5.92 Å². The number of epoxide rings is 1. The topological polar surface area (TPSA) is 88.6 Å². The minimum absolute atomic E-state index is 0.0737. The molecule has 5 atom stereocenters. The van der Waals surface area contributed by atoms with E-state index in [9.17, 15) is 14.7 Å². The van der Waals surface area contributed by atoms with Crippen LogP contribution in [0.2, 0.25) is 0 Å². The predicted molar refractivity (Wildman–Crippen MR) is 86.5 cm³/mol. The summed E-state index contributed by atoms with van der Waals surface area (Å²) in [5.74, 6) is -1.81. The molecular weight excluding hydrogens is 326 g/mol. The van der Waals surface area contributed by atoms with Crippen molar-refractivity contribution in [2.45, 2.75) is 43.6 Å². The van der Waals surface area contributed by atoms with Crippen molar-refractivity contribution >= 4 is 11.9 Å². The van der Waals surface area contributed by atoms with Gasteiger partial charge >= 0.3 is 11.9 Å². The molecule has 4 heterocycles. The van der Waals surface area contributed by atoms with Gasteiger partial charge in [0.25, 0.3) is 0 Å². The molecule has 3 fully saturated rings. The highest BCUT2D eigenvalue weighted by molar-refractivity contribution is 5.90. The Balaban J connectivity index is 1.69. The minimum Gasteiger partial charge on any atom is -0.459 e. The van der Waals surface area contributed by atoms with E-state index < -0.39 is 29.1 Å². The molecule has 0 aromatic rings. The Morgan fingerprint density at radius 2 is 2.12 bits per heavy atom. The van der Waals surface area contributed by atoms with Gasteiger partial charge < -0.3 is 19.3 Å². The maximum absolute atomic E-state index is 12.6. The van der Waals surface area contributed by atoms with E-state index in [0.717, 1.165) is 25.1 Å². The van der Waals surface area contributed by atoms with Crippen LogP contribution in [0.5, 0.6) is 0 Å². The van der Waals surface area contributed by atoms with E-state index in [1.165, 1.54) is 6.92 Å². The summed E-state index contributed by atoms with van der Waals surface area (Å²) in [6.07, 6.45) is 2.46. The summed E-state index contributed by atoms with van der Waals surface area (Å²) in [4.78, 5) is 27.4. The number of rotatable bonds is 0. The van der Waals surface area contributed by atoms with E-state index in [2.05, 4.69) is 11.5 Å². The second-order valence-corrected chi connectivity index (χ2v) is 7.52. The molecular formula is C18H23NO6. The van der Waals surface area contributed by atoms with Gasteiger partial charge in [-0.1, -0.05) is 19.6 Å². The van der Waals surface area contributed by atoms with Gasteiger partial charge in [0, 0.05) is 24.6 Å². The van der Waals surface area contributed by atoms with Crippen molar-refractivity contribution in [3.05, 3.63) is 23.8 Å². The molecule has 0 aromatic carbocycles. The molecule has 7 nitrogen and oxygen atoms in total. The van der Waals surface area contributed by atoms with Crippen molar-refractivity contribution in [1.29, 1.82) is 0 Å². The molecule has 3 saturated heterocycles. The summed E-state index contributed by atoms with van der Waals surface area (Å²) in [6.45, 7) is 8.74. The lowest BCUT2D eigenvalue weighted by Gasteiger charge is -2.34. The molecule has 1 N–H and O–H groups in total. The maximum Gasteiger partial charge on any atom is 0.341 e. The Kier molecular flexibility index (Phi) is 3.62. The molecule has 0 unspecified atom stereocenters. The lowest BCUT2D eigenvalue weighted by Crippen LogP contribution is -2.55. The summed E-state index contributed by atoms with van der Waals surface area (Å²) >= 11 is 0. The molecule has 4 aliphatic heterocycles. The number of carbonyl (C=O) groups is 2. The lowest BCUT2D eigenvalue weighted by atomic mass is 9.76. The zero-order valence-corrected chi connectivity index (χ0v) is 14.5. The van der Waals surface area contributed by atoms with Crippen LogP contribution in [-0.2, 0) is 23.8 Å².